The number of methoxy groups -OCH3 is 1. The van der Waals surface area contributed by atoms with Crippen molar-refractivity contribution >= 4 is 20.9 Å². The number of imidazole rings is 1. The molecule has 2 aliphatic heterocycles. The van der Waals surface area contributed by atoms with E-state index in [0.717, 1.165) is 42.9 Å². The number of aliphatic hydroxyl groups excluding tert-OH is 1. The van der Waals surface area contributed by atoms with E-state index in [1.807, 2.05) is 6.07 Å². The van der Waals surface area contributed by atoms with Gasteiger partial charge in [0, 0.05) is 69.0 Å². The second kappa shape index (κ2) is 8.58. The molecule has 0 radical (unpaired) electrons. The lowest BCUT2D eigenvalue weighted by atomic mass is 9.68. The normalized spacial score (nSPS) is 22.8. The average molecular weight is 514 g/mol. The van der Waals surface area contributed by atoms with Crippen LogP contribution in [0, 0.1) is 5.92 Å². The van der Waals surface area contributed by atoms with Crippen molar-refractivity contribution in [1.29, 1.82) is 0 Å². The zero-order valence-corrected chi connectivity index (χ0v) is 22.0. The van der Waals surface area contributed by atoms with E-state index in [4.69, 9.17) is 4.74 Å². The minimum absolute atomic E-state index is 0.0649. The van der Waals surface area contributed by atoms with Crippen molar-refractivity contribution in [2.45, 2.75) is 42.2 Å². The van der Waals surface area contributed by atoms with Crippen LogP contribution in [-0.2, 0) is 29.5 Å². The molecule has 0 amide bonds. The monoisotopic (exact) mass is 513 g/mol. The zero-order valence-electron chi connectivity index (χ0n) is 21.2. The molecular weight excluding hydrogens is 478 g/mol. The van der Waals surface area contributed by atoms with Gasteiger partial charge >= 0.3 is 0 Å². The van der Waals surface area contributed by atoms with E-state index in [-0.39, 0.29) is 23.1 Å². The van der Waals surface area contributed by atoms with Crippen molar-refractivity contribution in [3.63, 3.8) is 0 Å². The quantitative estimate of drug-likeness (QED) is 0.544. The Morgan fingerprint density at radius 2 is 1.94 bits per heavy atom. The van der Waals surface area contributed by atoms with Gasteiger partial charge in [-0.2, -0.15) is 4.31 Å². The molecule has 2 aromatic heterocycles. The summed E-state index contributed by atoms with van der Waals surface area (Å²) in [5.41, 5.74) is 3.35. The first-order valence-corrected chi connectivity index (χ1v) is 14.2. The third-order valence-electron chi connectivity index (χ3n) is 8.57. The van der Waals surface area contributed by atoms with Crippen molar-refractivity contribution in [2.24, 2.45) is 20.0 Å². The molecule has 1 aromatic carbocycles. The molecule has 0 bridgehead atoms. The maximum absolute atomic E-state index is 13.3. The molecule has 1 aliphatic carbocycles. The molecule has 3 aromatic rings. The SMILES string of the molecule is COc1ccc2c3c(n(C)c2c1)[C@@H](CO)N(CC1CC1)CC31CCN(S(=O)(=O)c2cn(C)cn2)CC1. The van der Waals surface area contributed by atoms with E-state index in [1.165, 1.54) is 30.1 Å². The maximum atomic E-state index is 13.3. The first kappa shape index (κ1) is 24.0. The van der Waals surface area contributed by atoms with E-state index in [2.05, 4.69) is 33.6 Å². The van der Waals surface area contributed by atoms with Crippen molar-refractivity contribution < 1.29 is 18.3 Å². The summed E-state index contributed by atoms with van der Waals surface area (Å²) in [6.45, 7) is 2.78. The fourth-order valence-electron chi connectivity index (χ4n) is 6.50. The third kappa shape index (κ3) is 3.69. The number of ether oxygens (including phenoxy) is 1. The van der Waals surface area contributed by atoms with Gasteiger partial charge in [-0.3, -0.25) is 4.90 Å². The minimum Gasteiger partial charge on any atom is -0.497 e. The molecule has 6 rings (SSSR count). The first-order chi connectivity index (χ1) is 17.3. The van der Waals surface area contributed by atoms with E-state index < -0.39 is 10.0 Å². The van der Waals surface area contributed by atoms with Gasteiger partial charge in [0.1, 0.15) is 5.75 Å². The van der Waals surface area contributed by atoms with Crippen LogP contribution in [0.4, 0.5) is 0 Å². The smallest absolute Gasteiger partial charge is 0.262 e. The summed E-state index contributed by atoms with van der Waals surface area (Å²) in [5, 5.41) is 11.9. The molecule has 36 heavy (non-hydrogen) atoms. The molecule has 1 atom stereocenters. The average Bonchev–Trinajstić information content (AvgIpc) is 3.49. The van der Waals surface area contributed by atoms with Gasteiger partial charge in [0.15, 0.2) is 5.03 Å². The number of hydrogen-bond donors (Lipinski definition) is 1. The van der Waals surface area contributed by atoms with Crippen LogP contribution in [0.1, 0.15) is 43.0 Å². The Bertz CT molecular complexity index is 1400. The predicted molar refractivity (Wildman–Crippen MR) is 136 cm³/mol. The van der Waals surface area contributed by atoms with Gasteiger partial charge in [0.05, 0.1) is 31.6 Å². The van der Waals surface area contributed by atoms with E-state index in [9.17, 15) is 13.5 Å². The molecule has 194 valence electrons. The standard InChI is InChI=1S/C26H35N5O4S/c1-28-14-23(27-17-28)36(33,34)31-10-8-26(9-11-31)16-30(13-18-4-5-18)22(15-32)25-24(26)20-7-6-19(35-3)12-21(20)29(25)2/h6-7,12,14,17-18,22,32H,4-5,8-11,13,15-16H2,1-3H3/t22-/m1/s1. The van der Waals surface area contributed by atoms with Crippen LogP contribution in [0.3, 0.4) is 0 Å². The summed E-state index contributed by atoms with van der Waals surface area (Å²) in [4.78, 5) is 6.59. The summed E-state index contributed by atoms with van der Waals surface area (Å²) in [5.74, 6) is 1.50. The van der Waals surface area contributed by atoms with Crippen LogP contribution >= 0.6 is 0 Å². The summed E-state index contributed by atoms with van der Waals surface area (Å²) in [6, 6.07) is 6.14. The lowest BCUT2D eigenvalue weighted by Gasteiger charge is -2.50. The van der Waals surface area contributed by atoms with Gasteiger partial charge in [-0.15, -0.1) is 0 Å². The first-order valence-electron chi connectivity index (χ1n) is 12.8. The Morgan fingerprint density at radius 3 is 2.56 bits per heavy atom. The van der Waals surface area contributed by atoms with Gasteiger partial charge in [-0.25, -0.2) is 13.4 Å². The molecule has 1 N–H and O–H groups in total. The van der Waals surface area contributed by atoms with Crippen molar-refractivity contribution in [2.75, 3.05) is 39.9 Å². The van der Waals surface area contributed by atoms with Crippen LogP contribution < -0.4 is 4.74 Å². The third-order valence-corrected chi connectivity index (χ3v) is 10.4. The van der Waals surface area contributed by atoms with Gasteiger partial charge in [0.2, 0.25) is 0 Å². The Morgan fingerprint density at radius 1 is 1.19 bits per heavy atom. The zero-order chi connectivity index (χ0) is 25.2. The number of aryl methyl sites for hydroxylation is 2. The predicted octanol–water partition coefficient (Wildman–Crippen LogP) is 2.40. The van der Waals surface area contributed by atoms with Crippen LogP contribution in [0.25, 0.3) is 10.9 Å². The summed E-state index contributed by atoms with van der Waals surface area (Å²) < 4.78 is 37.6. The number of piperidine rings is 1. The van der Waals surface area contributed by atoms with Gasteiger partial charge in [-0.1, -0.05) is 0 Å². The van der Waals surface area contributed by atoms with E-state index in [0.29, 0.717) is 19.0 Å². The van der Waals surface area contributed by atoms with Crippen molar-refractivity contribution in [3.8, 4) is 5.75 Å². The fraction of sp³-hybridized carbons (Fsp3) is 0.577. The Hall–Kier alpha value is -2.40. The Balaban J connectivity index is 1.42. The second-order valence-corrected chi connectivity index (χ2v) is 12.7. The number of aromatic nitrogens is 3. The lowest BCUT2D eigenvalue weighted by Crippen LogP contribution is -2.55. The molecule has 2 fully saturated rings. The highest BCUT2D eigenvalue weighted by molar-refractivity contribution is 7.89. The number of fused-ring (bicyclic) bond motifs is 4. The molecule has 3 aliphatic rings. The largest absolute Gasteiger partial charge is 0.497 e. The number of aliphatic hydroxyl groups is 1. The molecular formula is C26H35N5O4S. The summed E-state index contributed by atoms with van der Waals surface area (Å²) in [6.07, 6.45) is 7.06. The highest BCUT2D eigenvalue weighted by Gasteiger charge is 2.50. The highest BCUT2D eigenvalue weighted by atomic mass is 32.2. The highest BCUT2D eigenvalue weighted by Crippen LogP contribution is 2.51. The number of rotatable bonds is 6. The van der Waals surface area contributed by atoms with Crippen LogP contribution in [0.15, 0.2) is 35.7 Å². The number of nitrogens with zero attached hydrogens (tertiary/aromatic N) is 5. The van der Waals surface area contributed by atoms with Crippen molar-refractivity contribution in [1.82, 2.24) is 23.3 Å². The van der Waals surface area contributed by atoms with Gasteiger partial charge in [0.25, 0.3) is 10.0 Å². The summed E-state index contributed by atoms with van der Waals surface area (Å²) >= 11 is 0. The van der Waals surface area contributed by atoms with Gasteiger partial charge in [-0.05, 0) is 49.3 Å². The molecule has 1 spiro atoms. The molecule has 1 saturated heterocycles. The summed E-state index contributed by atoms with van der Waals surface area (Å²) in [7, 11) is 1.91. The van der Waals surface area contributed by atoms with Gasteiger partial charge < -0.3 is 19.0 Å². The fourth-order valence-corrected chi connectivity index (χ4v) is 7.91. The molecule has 0 unspecified atom stereocenters. The van der Waals surface area contributed by atoms with Crippen LogP contribution in [0.2, 0.25) is 0 Å². The van der Waals surface area contributed by atoms with Crippen LogP contribution in [0.5, 0.6) is 5.75 Å². The minimum atomic E-state index is -3.63. The van der Waals surface area contributed by atoms with Crippen molar-refractivity contribution in [3.05, 3.63) is 42.0 Å². The lowest BCUT2D eigenvalue weighted by molar-refractivity contribution is 0.0538. The Kier molecular flexibility index (Phi) is 5.71. The van der Waals surface area contributed by atoms with E-state index >= 15 is 0 Å². The number of sulfonamides is 1. The second-order valence-electron chi connectivity index (χ2n) is 10.8. The Labute approximate surface area is 212 Å². The van der Waals surface area contributed by atoms with Crippen LogP contribution in [-0.4, -0.2) is 76.7 Å². The molecule has 10 heteroatoms. The molecule has 4 heterocycles. The molecule has 1 saturated carbocycles. The molecule has 9 nitrogen and oxygen atoms in total. The topological polar surface area (TPSA) is 92.8 Å². The maximum Gasteiger partial charge on any atom is 0.262 e. The van der Waals surface area contributed by atoms with E-state index in [1.54, 1.807) is 29.2 Å². The number of benzene rings is 1. The number of hydrogen-bond acceptors (Lipinski definition) is 6.